The van der Waals surface area contributed by atoms with Crippen molar-refractivity contribution in [2.75, 3.05) is 0 Å². The highest BCUT2D eigenvalue weighted by molar-refractivity contribution is 7.89. The van der Waals surface area contributed by atoms with Crippen LogP contribution in [-0.4, -0.2) is 18.0 Å². The molecular weight excluding hydrogens is 386 g/mol. The van der Waals surface area contributed by atoms with Crippen LogP contribution in [0.2, 0.25) is 0 Å². The summed E-state index contributed by atoms with van der Waals surface area (Å²) in [4.78, 5) is 4.10. The fourth-order valence-corrected chi connectivity index (χ4v) is 3.67. The topological polar surface area (TPSA) is 64.0 Å². The quantitative estimate of drug-likeness (QED) is 0.664. The second-order valence-electron chi connectivity index (χ2n) is 5.75. The Hall–Kier alpha value is -2.46. The average Bonchev–Trinajstić information content (AvgIpc) is 2.96. The standard InChI is InChI=1S/C17H15F4N3O2S/c1-2-24-15-9-11(17(19,20)21)3-8-14(15)23-16(24)10-22-27(25,26)13-6-4-12(18)5-7-13/h3-9,22H,2,10H2,1H3. The Kier molecular flexibility index (Phi) is 4.96. The van der Waals surface area contributed by atoms with Gasteiger partial charge in [0.15, 0.2) is 0 Å². The van der Waals surface area contributed by atoms with Crippen LogP contribution in [0.25, 0.3) is 11.0 Å². The molecule has 3 aromatic rings. The molecule has 3 rings (SSSR count). The van der Waals surface area contributed by atoms with E-state index in [1.54, 1.807) is 6.92 Å². The molecule has 0 saturated heterocycles. The molecule has 0 spiro atoms. The van der Waals surface area contributed by atoms with Crippen LogP contribution in [0.4, 0.5) is 17.6 Å². The minimum Gasteiger partial charge on any atom is -0.327 e. The van der Waals surface area contributed by atoms with Crippen LogP contribution >= 0.6 is 0 Å². The summed E-state index contributed by atoms with van der Waals surface area (Å²) < 4.78 is 80.2. The van der Waals surface area contributed by atoms with E-state index in [2.05, 4.69) is 9.71 Å². The van der Waals surface area contributed by atoms with Gasteiger partial charge in [-0.25, -0.2) is 22.5 Å². The van der Waals surface area contributed by atoms with Crippen molar-refractivity contribution in [2.45, 2.75) is 31.1 Å². The molecule has 2 aromatic carbocycles. The number of benzene rings is 2. The van der Waals surface area contributed by atoms with Crippen molar-refractivity contribution in [3.05, 3.63) is 59.7 Å². The Labute approximate surface area is 152 Å². The van der Waals surface area contributed by atoms with E-state index in [4.69, 9.17) is 0 Å². The Bertz CT molecular complexity index is 1070. The fourth-order valence-electron chi connectivity index (χ4n) is 2.69. The zero-order valence-corrected chi connectivity index (χ0v) is 14.9. The monoisotopic (exact) mass is 401 g/mol. The fraction of sp³-hybridized carbons (Fsp3) is 0.235. The van der Waals surface area contributed by atoms with Crippen molar-refractivity contribution in [1.82, 2.24) is 14.3 Å². The van der Waals surface area contributed by atoms with Crippen LogP contribution in [0, 0.1) is 5.82 Å². The lowest BCUT2D eigenvalue weighted by molar-refractivity contribution is -0.137. The van der Waals surface area contributed by atoms with E-state index >= 15 is 0 Å². The summed E-state index contributed by atoms with van der Waals surface area (Å²) >= 11 is 0. The molecule has 5 nitrogen and oxygen atoms in total. The first-order valence-electron chi connectivity index (χ1n) is 7.93. The van der Waals surface area contributed by atoms with Crippen molar-refractivity contribution >= 4 is 21.1 Å². The van der Waals surface area contributed by atoms with E-state index < -0.39 is 27.6 Å². The van der Waals surface area contributed by atoms with E-state index in [1.165, 1.54) is 10.6 Å². The first-order chi connectivity index (χ1) is 12.6. The summed E-state index contributed by atoms with van der Waals surface area (Å²) in [6, 6.07) is 7.46. The highest BCUT2D eigenvalue weighted by Crippen LogP contribution is 2.31. The SMILES string of the molecule is CCn1c(CNS(=O)(=O)c2ccc(F)cc2)nc2ccc(C(F)(F)F)cc21. The Morgan fingerprint density at radius 1 is 1.11 bits per heavy atom. The molecule has 0 unspecified atom stereocenters. The predicted molar refractivity (Wildman–Crippen MR) is 90.8 cm³/mol. The minimum absolute atomic E-state index is 0.123. The molecule has 144 valence electrons. The number of hydrogen-bond acceptors (Lipinski definition) is 3. The molecule has 1 aromatic heterocycles. The number of hydrogen-bond donors (Lipinski definition) is 1. The summed E-state index contributed by atoms with van der Waals surface area (Å²) in [6.07, 6.45) is -4.48. The summed E-state index contributed by atoms with van der Waals surface area (Å²) in [5.41, 5.74) is -0.202. The van der Waals surface area contributed by atoms with Crippen LogP contribution in [0.1, 0.15) is 18.3 Å². The van der Waals surface area contributed by atoms with Gasteiger partial charge < -0.3 is 4.57 Å². The van der Waals surface area contributed by atoms with E-state index in [0.29, 0.717) is 12.1 Å². The summed E-state index contributed by atoms with van der Waals surface area (Å²) in [5.74, 6) is -0.292. The molecule has 0 atom stereocenters. The van der Waals surface area contributed by atoms with E-state index in [1.807, 2.05) is 0 Å². The van der Waals surface area contributed by atoms with Gasteiger partial charge >= 0.3 is 6.18 Å². The number of aryl methyl sites for hydroxylation is 1. The van der Waals surface area contributed by atoms with Crippen molar-refractivity contribution in [2.24, 2.45) is 0 Å². The molecule has 0 saturated carbocycles. The average molecular weight is 401 g/mol. The number of nitrogens with zero attached hydrogens (tertiary/aromatic N) is 2. The maximum absolute atomic E-state index is 13.0. The lowest BCUT2D eigenvalue weighted by Crippen LogP contribution is -2.25. The maximum atomic E-state index is 13.0. The van der Waals surface area contributed by atoms with E-state index in [9.17, 15) is 26.0 Å². The Balaban J connectivity index is 1.91. The summed E-state index contributed by atoms with van der Waals surface area (Å²) in [7, 11) is -3.92. The molecule has 10 heteroatoms. The van der Waals surface area contributed by atoms with Gasteiger partial charge in [-0.3, -0.25) is 0 Å². The number of fused-ring (bicyclic) bond motifs is 1. The highest BCUT2D eigenvalue weighted by Gasteiger charge is 2.31. The molecule has 0 aliphatic carbocycles. The van der Waals surface area contributed by atoms with Crippen LogP contribution < -0.4 is 4.72 Å². The first kappa shape index (κ1) is 19.3. The molecule has 0 radical (unpaired) electrons. The number of halogens is 4. The van der Waals surface area contributed by atoms with E-state index in [-0.39, 0.29) is 22.8 Å². The Morgan fingerprint density at radius 2 is 1.78 bits per heavy atom. The Morgan fingerprint density at radius 3 is 2.37 bits per heavy atom. The van der Waals surface area contributed by atoms with E-state index in [0.717, 1.165) is 36.4 Å². The number of nitrogens with one attached hydrogen (secondary N) is 1. The lowest BCUT2D eigenvalue weighted by Gasteiger charge is -2.10. The second kappa shape index (κ2) is 6.93. The summed E-state index contributed by atoms with van der Waals surface area (Å²) in [6.45, 7) is 1.81. The van der Waals surface area contributed by atoms with Gasteiger partial charge in [0.25, 0.3) is 0 Å². The van der Waals surface area contributed by atoms with Crippen LogP contribution in [0.5, 0.6) is 0 Å². The third kappa shape index (κ3) is 3.96. The van der Waals surface area contributed by atoms with Gasteiger partial charge in [0, 0.05) is 6.54 Å². The molecule has 0 amide bonds. The molecule has 0 aliphatic rings. The summed E-state index contributed by atoms with van der Waals surface area (Å²) in [5, 5.41) is 0. The normalized spacial score (nSPS) is 12.6. The van der Waals surface area contributed by atoms with Crippen molar-refractivity contribution in [3.63, 3.8) is 0 Å². The third-order valence-electron chi connectivity index (χ3n) is 4.02. The molecule has 27 heavy (non-hydrogen) atoms. The van der Waals surface area contributed by atoms with Crippen LogP contribution in [0.3, 0.4) is 0 Å². The molecular formula is C17H15F4N3O2S. The van der Waals surface area contributed by atoms with Gasteiger partial charge in [-0.2, -0.15) is 13.2 Å². The highest BCUT2D eigenvalue weighted by atomic mass is 32.2. The largest absolute Gasteiger partial charge is 0.416 e. The molecule has 0 bridgehead atoms. The molecule has 1 heterocycles. The maximum Gasteiger partial charge on any atom is 0.416 e. The van der Waals surface area contributed by atoms with Crippen LogP contribution in [-0.2, 0) is 29.3 Å². The number of sulfonamides is 1. The third-order valence-corrected chi connectivity index (χ3v) is 5.43. The van der Waals surface area contributed by atoms with Gasteiger partial charge in [-0.05, 0) is 49.4 Å². The van der Waals surface area contributed by atoms with Gasteiger partial charge in [0.1, 0.15) is 11.6 Å². The van der Waals surface area contributed by atoms with Gasteiger partial charge in [0.05, 0.1) is 28.0 Å². The number of alkyl halides is 3. The first-order valence-corrected chi connectivity index (χ1v) is 9.41. The predicted octanol–water partition coefficient (Wildman–Crippen LogP) is 3.69. The zero-order chi connectivity index (χ0) is 19.8. The number of aromatic nitrogens is 2. The van der Waals surface area contributed by atoms with Gasteiger partial charge in [0.2, 0.25) is 10.0 Å². The molecule has 1 N–H and O–H groups in total. The lowest BCUT2D eigenvalue weighted by atomic mass is 10.2. The molecule has 0 fully saturated rings. The smallest absolute Gasteiger partial charge is 0.327 e. The van der Waals surface area contributed by atoms with Crippen molar-refractivity contribution in [3.8, 4) is 0 Å². The van der Waals surface area contributed by atoms with Gasteiger partial charge in [-0.1, -0.05) is 0 Å². The van der Waals surface area contributed by atoms with Crippen LogP contribution in [0.15, 0.2) is 47.4 Å². The number of imidazole rings is 1. The minimum atomic E-state index is -4.48. The molecule has 0 aliphatic heterocycles. The second-order valence-corrected chi connectivity index (χ2v) is 7.52. The van der Waals surface area contributed by atoms with Crippen molar-refractivity contribution < 1.29 is 26.0 Å². The van der Waals surface area contributed by atoms with Crippen molar-refractivity contribution in [1.29, 1.82) is 0 Å². The zero-order valence-electron chi connectivity index (χ0n) is 14.1. The number of rotatable bonds is 5. The van der Waals surface area contributed by atoms with Gasteiger partial charge in [-0.15, -0.1) is 0 Å².